The molecule has 0 radical (unpaired) electrons. The second-order valence-corrected chi connectivity index (χ2v) is 6.17. The van der Waals surface area contributed by atoms with E-state index in [1.165, 1.54) is 30.5 Å². The van der Waals surface area contributed by atoms with Crippen LogP contribution in [0.4, 0.5) is 0 Å². The van der Waals surface area contributed by atoms with Crippen LogP contribution >= 0.6 is 0 Å². The molecule has 1 saturated carbocycles. The van der Waals surface area contributed by atoms with Gasteiger partial charge in [-0.15, -0.1) is 10.2 Å². The summed E-state index contributed by atoms with van der Waals surface area (Å²) in [5.74, 6) is 0.508. The lowest BCUT2D eigenvalue weighted by atomic mass is 10.1. The number of hydrogen-bond acceptors (Lipinski definition) is 4. The van der Waals surface area contributed by atoms with Gasteiger partial charge in [0.15, 0.2) is 0 Å². The van der Waals surface area contributed by atoms with E-state index in [1.807, 2.05) is 37.3 Å². The van der Waals surface area contributed by atoms with Gasteiger partial charge in [-0.2, -0.15) is 4.80 Å². The van der Waals surface area contributed by atoms with Gasteiger partial charge in [-0.1, -0.05) is 56.0 Å². The summed E-state index contributed by atoms with van der Waals surface area (Å²) in [6, 6.07) is 9.48. The number of nitrogens with zero attached hydrogens (tertiary/aromatic N) is 4. The summed E-state index contributed by atoms with van der Waals surface area (Å²) < 4.78 is 0. The molecule has 2 aromatic rings. The molecule has 1 heterocycles. The Hall–Kier alpha value is -2.24. The lowest BCUT2D eigenvalue weighted by Gasteiger charge is -2.18. The van der Waals surface area contributed by atoms with Gasteiger partial charge in [0, 0.05) is 11.6 Å². The normalized spacial score (nSPS) is 17.4. The third-order valence-corrected chi connectivity index (χ3v) is 4.39. The van der Waals surface area contributed by atoms with Crippen molar-refractivity contribution in [3.05, 3.63) is 30.3 Å². The Morgan fingerprint density at radius 3 is 2.57 bits per heavy atom. The predicted molar refractivity (Wildman–Crippen MR) is 87.6 cm³/mol. The molecule has 0 saturated heterocycles. The van der Waals surface area contributed by atoms with Crippen molar-refractivity contribution in [1.29, 1.82) is 0 Å². The SMILES string of the molecule is CC(C(=O)NC1CCCCCC1)n1nnc(-c2ccccc2)n1. The topological polar surface area (TPSA) is 72.7 Å². The number of aromatic nitrogens is 4. The van der Waals surface area contributed by atoms with Crippen molar-refractivity contribution >= 4 is 5.91 Å². The molecular weight excluding hydrogens is 290 g/mol. The van der Waals surface area contributed by atoms with Crippen LogP contribution in [-0.4, -0.2) is 32.2 Å². The zero-order chi connectivity index (χ0) is 16.1. The number of amides is 1. The molecule has 1 aromatic carbocycles. The molecule has 1 aliphatic rings. The highest BCUT2D eigenvalue weighted by atomic mass is 16.2. The van der Waals surface area contributed by atoms with Crippen LogP contribution in [0.2, 0.25) is 0 Å². The van der Waals surface area contributed by atoms with Gasteiger partial charge in [0.1, 0.15) is 6.04 Å². The summed E-state index contributed by atoms with van der Waals surface area (Å²) in [5.41, 5.74) is 0.898. The maximum absolute atomic E-state index is 12.4. The first-order chi connectivity index (χ1) is 11.2. The van der Waals surface area contributed by atoms with Gasteiger partial charge in [0.05, 0.1) is 0 Å². The molecule has 1 unspecified atom stereocenters. The Kier molecular flexibility index (Phi) is 5.00. The molecule has 122 valence electrons. The van der Waals surface area contributed by atoms with Crippen LogP contribution in [0.3, 0.4) is 0 Å². The fourth-order valence-corrected chi connectivity index (χ4v) is 2.94. The average Bonchev–Trinajstić information content (AvgIpc) is 2.94. The highest BCUT2D eigenvalue weighted by Gasteiger charge is 2.22. The minimum Gasteiger partial charge on any atom is -0.351 e. The number of carbonyl (C=O) groups excluding carboxylic acids is 1. The zero-order valence-electron chi connectivity index (χ0n) is 13.5. The Labute approximate surface area is 136 Å². The first-order valence-electron chi connectivity index (χ1n) is 8.39. The molecule has 1 fully saturated rings. The molecule has 6 heteroatoms. The summed E-state index contributed by atoms with van der Waals surface area (Å²) in [6.45, 7) is 1.81. The molecule has 6 nitrogen and oxygen atoms in total. The minimum atomic E-state index is -0.455. The number of hydrogen-bond donors (Lipinski definition) is 1. The fraction of sp³-hybridized carbons (Fsp3) is 0.529. The van der Waals surface area contributed by atoms with E-state index in [9.17, 15) is 4.79 Å². The van der Waals surface area contributed by atoms with Gasteiger partial charge in [-0.05, 0) is 25.0 Å². The summed E-state index contributed by atoms with van der Waals surface area (Å²) in [4.78, 5) is 13.8. The van der Waals surface area contributed by atoms with E-state index in [0.29, 0.717) is 5.82 Å². The van der Waals surface area contributed by atoms with E-state index in [2.05, 4.69) is 20.7 Å². The molecule has 1 N–H and O–H groups in total. The zero-order valence-corrected chi connectivity index (χ0v) is 13.5. The molecule has 0 spiro atoms. The van der Waals surface area contributed by atoms with E-state index in [1.54, 1.807) is 0 Å². The van der Waals surface area contributed by atoms with Crippen molar-refractivity contribution < 1.29 is 4.79 Å². The first-order valence-corrected chi connectivity index (χ1v) is 8.39. The number of rotatable bonds is 4. The first kappa shape index (κ1) is 15.6. The maximum Gasteiger partial charge on any atom is 0.246 e. The van der Waals surface area contributed by atoms with Crippen LogP contribution in [0.1, 0.15) is 51.5 Å². The van der Waals surface area contributed by atoms with E-state index >= 15 is 0 Å². The summed E-state index contributed by atoms with van der Waals surface area (Å²) in [6.07, 6.45) is 7.06. The molecule has 1 amide bonds. The Balaban J connectivity index is 1.64. The van der Waals surface area contributed by atoms with E-state index < -0.39 is 6.04 Å². The van der Waals surface area contributed by atoms with Crippen LogP contribution in [0.25, 0.3) is 11.4 Å². The van der Waals surface area contributed by atoms with Gasteiger partial charge >= 0.3 is 0 Å². The Morgan fingerprint density at radius 1 is 1.17 bits per heavy atom. The van der Waals surface area contributed by atoms with Crippen molar-refractivity contribution in [1.82, 2.24) is 25.5 Å². The molecule has 1 aliphatic carbocycles. The summed E-state index contributed by atoms with van der Waals surface area (Å²) >= 11 is 0. The van der Waals surface area contributed by atoms with Gasteiger partial charge in [-0.25, -0.2) is 0 Å². The molecule has 0 bridgehead atoms. The van der Waals surface area contributed by atoms with Gasteiger partial charge in [-0.3, -0.25) is 4.79 Å². The molecule has 1 atom stereocenters. The van der Waals surface area contributed by atoms with Gasteiger partial charge in [0.25, 0.3) is 0 Å². The van der Waals surface area contributed by atoms with Crippen molar-refractivity contribution in [2.75, 3.05) is 0 Å². The third-order valence-electron chi connectivity index (χ3n) is 4.39. The quantitative estimate of drug-likeness (QED) is 0.881. The van der Waals surface area contributed by atoms with Crippen molar-refractivity contribution in [2.45, 2.75) is 57.5 Å². The van der Waals surface area contributed by atoms with Crippen molar-refractivity contribution in [3.63, 3.8) is 0 Å². The number of benzene rings is 1. The van der Waals surface area contributed by atoms with Gasteiger partial charge in [0.2, 0.25) is 11.7 Å². The summed E-state index contributed by atoms with van der Waals surface area (Å²) in [7, 11) is 0. The van der Waals surface area contributed by atoms with Crippen LogP contribution in [0, 0.1) is 0 Å². The molecule has 1 aromatic heterocycles. The molecule has 3 rings (SSSR count). The van der Waals surface area contributed by atoms with Crippen molar-refractivity contribution in [2.24, 2.45) is 0 Å². The van der Waals surface area contributed by atoms with Crippen LogP contribution in [0.15, 0.2) is 30.3 Å². The lowest BCUT2D eigenvalue weighted by Crippen LogP contribution is -2.39. The second-order valence-electron chi connectivity index (χ2n) is 6.17. The van der Waals surface area contributed by atoms with Crippen LogP contribution in [0.5, 0.6) is 0 Å². The average molecular weight is 313 g/mol. The largest absolute Gasteiger partial charge is 0.351 e. The number of tetrazole rings is 1. The summed E-state index contributed by atoms with van der Waals surface area (Å²) in [5, 5.41) is 15.6. The predicted octanol–water partition coefficient (Wildman–Crippen LogP) is 2.74. The standard InChI is InChI=1S/C17H23N5O/c1-13(17(23)18-15-11-7-2-3-8-12-15)22-20-16(19-21-22)14-9-5-4-6-10-14/h4-6,9-10,13,15H,2-3,7-8,11-12H2,1H3,(H,18,23). The van der Waals surface area contributed by atoms with Crippen LogP contribution in [-0.2, 0) is 4.79 Å². The van der Waals surface area contributed by atoms with E-state index in [0.717, 1.165) is 18.4 Å². The fourth-order valence-electron chi connectivity index (χ4n) is 2.94. The third kappa shape index (κ3) is 3.94. The molecule has 0 aliphatic heterocycles. The Bertz CT molecular complexity index is 631. The maximum atomic E-state index is 12.4. The van der Waals surface area contributed by atoms with E-state index in [-0.39, 0.29) is 11.9 Å². The molecular formula is C17H23N5O. The smallest absolute Gasteiger partial charge is 0.246 e. The second kappa shape index (κ2) is 7.35. The molecule has 23 heavy (non-hydrogen) atoms. The van der Waals surface area contributed by atoms with Gasteiger partial charge < -0.3 is 5.32 Å². The monoisotopic (exact) mass is 313 g/mol. The Morgan fingerprint density at radius 2 is 1.87 bits per heavy atom. The van der Waals surface area contributed by atoms with Crippen molar-refractivity contribution in [3.8, 4) is 11.4 Å². The number of carbonyl (C=O) groups is 1. The minimum absolute atomic E-state index is 0.0334. The lowest BCUT2D eigenvalue weighted by molar-refractivity contribution is -0.125. The number of nitrogens with one attached hydrogen (secondary N) is 1. The highest BCUT2D eigenvalue weighted by molar-refractivity contribution is 5.79. The van der Waals surface area contributed by atoms with Crippen LogP contribution < -0.4 is 5.32 Å². The van der Waals surface area contributed by atoms with E-state index in [4.69, 9.17) is 0 Å². The highest BCUT2D eigenvalue weighted by Crippen LogP contribution is 2.18.